The van der Waals surface area contributed by atoms with Gasteiger partial charge in [0.2, 0.25) is 0 Å². The summed E-state index contributed by atoms with van der Waals surface area (Å²) >= 11 is 0. The largest absolute Gasteiger partial charge is 0.382 e. The molecule has 0 bridgehead atoms. The molecule has 0 aliphatic heterocycles. The lowest BCUT2D eigenvalue weighted by Gasteiger charge is -2.17. The van der Waals surface area contributed by atoms with Gasteiger partial charge in [-0.3, -0.25) is 0 Å². The highest BCUT2D eigenvalue weighted by atomic mass is 16.3. The highest BCUT2D eigenvalue weighted by Gasteiger charge is 2.11. The number of hydrogen-bond acceptors (Lipinski definition) is 2. The number of unbranched alkanes of at least 4 members (excludes halogenated alkanes) is 3. The van der Waals surface area contributed by atoms with Crippen LogP contribution in [0.15, 0.2) is 60.8 Å². The van der Waals surface area contributed by atoms with Crippen LogP contribution in [-0.2, 0) is 12.8 Å². The zero-order chi connectivity index (χ0) is 18.1. The summed E-state index contributed by atoms with van der Waals surface area (Å²) in [4.78, 5) is 0. The van der Waals surface area contributed by atoms with E-state index in [-0.39, 0.29) is 0 Å². The predicted octanol–water partition coefficient (Wildman–Crippen LogP) is 6.03. The van der Waals surface area contributed by atoms with Gasteiger partial charge < -0.3 is 10.4 Å². The van der Waals surface area contributed by atoms with E-state index in [4.69, 9.17) is 0 Å². The zero-order valence-corrected chi connectivity index (χ0v) is 15.6. The van der Waals surface area contributed by atoms with Gasteiger partial charge >= 0.3 is 0 Å². The van der Waals surface area contributed by atoms with Gasteiger partial charge in [0.15, 0.2) is 0 Å². The Morgan fingerprint density at radius 1 is 0.920 bits per heavy atom. The molecule has 0 amide bonds. The molecule has 25 heavy (non-hydrogen) atoms. The summed E-state index contributed by atoms with van der Waals surface area (Å²) in [5.74, 6) is 0. The molecule has 2 heteroatoms. The van der Waals surface area contributed by atoms with Crippen molar-refractivity contribution in [2.75, 3.05) is 5.32 Å². The summed E-state index contributed by atoms with van der Waals surface area (Å²) in [6.07, 6.45) is 6.56. The Bertz CT molecular complexity index is 643. The van der Waals surface area contributed by atoms with Crippen LogP contribution < -0.4 is 5.32 Å². The van der Waals surface area contributed by atoms with Crippen LogP contribution in [0.4, 0.5) is 5.69 Å². The second kappa shape index (κ2) is 10.0. The van der Waals surface area contributed by atoms with Crippen molar-refractivity contribution >= 4 is 5.69 Å². The van der Waals surface area contributed by atoms with Crippen molar-refractivity contribution in [2.45, 2.75) is 58.5 Å². The molecule has 0 radical (unpaired) electrons. The summed E-state index contributed by atoms with van der Waals surface area (Å²) in [7, 11) is 0. The Balaban J connectivity index is 1.88. The molecule has 0 fully saturated rings. The lowest BCUT2D eigenvalue weighted by molar-refractivity contribution is 0.217. The van der Waals surface area contributed by atoms with E-state index in [9.17, 15) is 5.11 Å². The molecule has 2 aromatic carbocycles. The first-order chi connectivity index (χ1) is 12.1. The second-order valence-corrected chi connectivity index (χ2v) is 6.66. The Labute approximate surface area is 152 Å². The average molecular weight is 338 g/mol. The van der Waals surface area contributed by atoms with Gasteiger partial charge in [-0.1, -0.05) is 76.1 Å². The molecule has 1 atom stereocenters. The van der Waals surface area contributed by atoms with Gasteiger partial charge in [0, 0.05) is 11.4 Å². The van der Waals surface area contributed by atoms with E-state index in [2.05, 4.69) is 62.1 Å². The average Bonchev–Trinajstić information content (AvgIpc) is 2.66. The number of aliphatic hydroxyl groups is 1. The first-order valence-corrected chi connectivity index (χ1v) is 9.45. The van der Waals surface area contributed by atoms with Crippen LogP contribution >= 0.6 is 0 Å². The van der Waals surface area contributed by atoms with E-state index in [1.165, 1.54) is 36.8 Å². The van der Waals surface area contributed by atoms with Crippen molar-refractivity contribution < 1.29 is 5.11 Å². The fourth-order valence-electron chi connectivity index (χ4n) is 2.90. The van der Waals surface area contributed by atoms with Gasteiger partial charge in [-0.25, -0.2) is 0 Å². The maximum absolute atomic E-state index is 10.5. The Morgan fingerprint density at radius 2 is 1.56 bits per heavy atom. The van der Waals surface area contributed by atoms with E-state index in [0.717, 1.165) is 24.1 Å². The molecule has 2 aromatic rings. The number of benzene rings is 2. The number of nitrogens with one attached hydrogen (secondary N) is 1. The summed E-state index contributed by atoms with van der Waals surface area (Å²) in [6, 6.07) is 16.5. The van der Waals surface area contributed by atoms with Crippen molar-refractivity contribution in [3.63, 3.8) is 0 Å². The van der Waals surface area contributed by atoms with E-state index in [1.54, 1.807) is 0 Å². The van der Waals surface area contributed by atoms with E-state index < -0.39 is 6.10 Å². The molecule has 2 N–H and O–H groups in total. The van der Waals surface area contributed by atoms with Crippen LogP contribution in [0.2, 0.25) is 0 Å². The number of aryl methyl sites for hydroxylation is 2. The van der Waals surface area contributed by atoms with Crippen LogP contribution in [0.1, 0.15) is 62.3 Å². The van der Waals surface area contributed by atoms with Crippen LogP contribution in [-0.4, -0.2) is 5.11 Å². The minimum Gasteiger partial charge on any atom is -0.382 e. The highest BCUT2D eigenvalue weighted by Crippen LogP contribution is 2.23. The third-order valence-electron chi connectivity index (χ3n) is 4.61. The third-order valence-corrected chi connectivity index (χ3v) is 4.61. The molecule has 2 rings (SSSR count). The molecule has 0 aliphatic rings. The lowest BCUT2D eigenvalue weighted by atomic mass is 10.0. The quantitative estimate of drug-likeness (QED) is 0.519. The van der Waals surface area contributed by atoms with Gasteiger partial charge in [-0.2, -0.15) is 0 Å². The van der Waals surface area contributed by atoms with Crippen molar-refractivity contribution in [2.24, 2.45) is 0 Å². The van der Waals surface area contributed by atoms with Gasteiger partial charge in [0.1, 0.15) is 6.10 Å². The first kappa shape index (κ1) is 19.3. The van der Waals surface area contributed by atoms with Crippen LogP contribution in [0.25, 0.3) is 0 Å². The fourth-order valence-corrected chi connectivity index (χ4v) is 2.90. The smallest absolute Gasteiger partial charge is 0.118 e. The molecular weight excluding hydrogens is 306 g/mol. The Morgan fingerprint density at radius 3 is 2.16 bits per heavy atom. The fraction of sp³-hybridized carbons (Fsp3) is 0.391. The number of aliphatic hydroxyl groups excluding tert-OH is 1. The first-order valence-electron chi connectivity index (χ1n) is 9.45. The maximum atomic E-state index is 10.5. The van der Waals surface area contributed by atoms with Gasteiger partial charge in [0.25, 0.3) is 0 Å². The third kappa shape index (κ3) is 6.06. The van der Waals surface area contributed by atoms with E-state index in [1.807, 2.05) is 12.1 Å². The van der Waals surface area contributed by atoms with Crippen LogP contribution in [0, 0.1) is 0 Å². The number of hydrogen-bond donors (Lipinski definition) is 2. The molecule has 0 saturated carbocycles. The van der Waals surface area contributed by atoms with Gasteiger partial charge in [-0.15, -0.1) is 0 Å². The van der Waals surface area contributed by atoms with Crippen molar-refractivity contribution in [3.05, 3.63) is 77.5 Å². The van der Waals surface area contributed by atoms with Crippen molar-refractivity contribution in [1.82, 2.24) is 0 Å². The minimum atomic E-state index is -0.709. The van der Waals surface area contributed by atoms with Gasteiger partial charge in [0.05, 0.1) is 0 Å². The monoisotopic (exact) mass is 337 g/mol. The summed E-state index contributed by atoms with van der Waals surface area (Å²) in [5.41, 5.74) is 5.06. The molecule has 0 spiro atoms. The Hall–Kier alpha value is -2.06. The molecule has 0 aliphatic carbocycles. The molecule has 0 aromatic heterocycles. The highest BCUT2D eigenvalue weighted by molar-refractivity contribution is 5.50. The molecule has 1 unspecified atom stereocenters. The van der Waals surface area contributed by atoms with Gasteiger partial charge in [-0.05, 0) is 48.1 Å². The van der Waals surface area contributed by atoms with Crippen molar-refractivity contribution in [1.29, 1.82) is 0 Å². The number of rotatable bonds is 10. The number of anilines is 1. The SMILES string of the molecule is C=C(Nc1ccc(CCCCCC)cc1)C(O)c1ccc(CC)cc1. The van der Waals surface area contributed by atoms with Crippen LogP contribution in [0.3, 0.4) is 0 Å². The minimum absolute atomic E-state index is 0.597. The van der Waals surface area contributed by atoms with Crippen molar-refractivity contribution in [3.8, 4) is 0 Å². The molecular formula is C23H31NO. The van der Waals surface area contributed by atoms with E-state index >= 15 is 0 Å². The summed E-state index contributed by atoms with van der Waals surface area (Å²) in [6.45, 7) is 8.36. The zero-order valence-electron chi connectivity index (χ0n) is 15.6. The molecule has 2 nitrogen and oxygen atoms in total. The lowest BCUT2D eigenvalue weighted by Crippen LogP contribution is -2.09. The summed E-state index contributed by atoms with van der Waals surface area (Å²) < 4.78 is 0. The predicted molar refractivity (Wildman–Crippen MR) is 108 cm³/mol. The topological polar surface area (TPSA) is 32.3 Å². The standard InChI is InChI=1S/C23H31NO/c1-4-6-7-8-9-20-12-16-22(17-13-20)24-18(3)23(25)21-14-10-19(5-2)11-15-21/h10-17,23-25H,3-9H2,1-2H3. The summed E-state index contributed by atoms with van der Waals surface area (Å²) in [5, 5.41) is 13.7. The Kier molecular flexibility index (Phi) is 7.75. The molecule has 0 saturated heterocycles. The normalized spacial score (nSPS) is 12.0. The maximum Gasteiger partial charge on any atom is 0.118 e. The van der Waals surface area contributed by atoms with E-state index in [0.29, 0.717) is 5.70 Å². The molecule has 0 heterocycles. The van der Waals surface area contributed by atoms with Crippen LogP contribution in [0.5, 0.6) is 0 Å². The molecule has 134 valence electrons. The second-order valence-electron chi connectivity index (χ2n) is 6.66.